The summed E-state index contributed by atoms with van der Waals surface area (Å²) in [6.07, 6.45) is 16.8. The van der Waals surface area contributed by atoms with Gasteiger partial charge in [-0.1, -0.05) is 49.3 Å². The van der Waals surface area contributed by atoms with Crippen LogP contribution in [0.3, 0.4) is 0 Å². The third-order valence-corrected chi connectivity index (χ3v) is 3.01. The second-order valence-electron chi connectivity index (χ2n) is 4.55. The molecule has 0 aromatic carbocycles. The summed E-state index contributed by atoms with van der Waals surface area (Å²) in [6, 6.07) is 0. The van der Waals surface area contributed by atoms with Crippen molar-refractivity contribution in [2.45, 2.75) is 40.0 Å². The quantitative estimate of drug-likeness (QED) is 0.499. The topological polar surface area (TPSA) is 3.24 Å². The molecule has 0 unspecified atom stereocenters. The molecule has 1 nitrogen and oxygen atoms in total. The second kappa shape index (κ2) is 7.94. The van der Waals surface area contributed by atoms with Crippen LogP contribution in [0.1, 0.15) is 40.0 Å². The first kappa shape index (κ1) is 13.8. The summed E-state index contributed by atoms with van der Waals surface area (Å²) in [5.41, 5.74) is 2.89. The van der Waals surface area contributed by atoms with E-state index >= 15 is 0 Å². The van der Waals surface area contributed by atoms with Crippen LogP contribution in [0, 0.1) is 0 Å². The van der Waals surface area contributed by atoms with Crippen LogP contribution in [0.2, 0.25) is 0 Å². The molecule has 0 aliphatic carbocycles. The smallest absolute Gasteiger partial charge is 0.0362 e. The highest BCUT2D eigenvalue weighted by Crippen LogP contribution is 2.16. The average molecular weight is 231 g/mol. The summed E-state index contributed by atoms with van der Waals surface area (Å²) < 4.78 is 0. The maximum atomic E-state index is 2.46. The summed E-state index contributed by atoms with van der Waals surface area (Å²) in [5.74, 6) is 0. The highest BCUT2D eigenvalue weighted by Gasteiger charge is 2.09. The number of allylic oxidation sites excluding steroid dienone is 5. The van der Waals surface area contributed by atoms with Gasteiger partial charge in [-0.2, -0.15) is 0 Å². The van der Waals surface area contributed by atoms with Gasteiger partial charge < -0.3 is 4.90 Å². The highest BCUT2D eigenvalue weighted by molar-refractivity contribution is 5.23. The fraction of sp³-hybridized carbons (Fsp3) is 0.500. The van der Waals surface area contributed by atoms with Gasteiger partial charge in [0.2, 0.25) is 0 Å². The van der Waals surface area contributed by atoms with Crippen molar-refractivity contribution in [2.24, 2.45) is 0 Å². The fourth-order valence-corrected chi connectivity index (χ4v) is 1.87. The van der Waals surface area contributed by atoms with Gasteiger partial charge in [-0.25, -0.2) is 0 Å². The van der Waals surface area contributed by atoms with Crippen molar-refractivity contribution in [3.63, 3.8) is 0 Å². The van der Waals surface area contributed by atoms with Gasteiger partial charge in [0, 0.05) is 18.8 Å². The molecule has 0 N–H and O–H groups in total. The van der Waals surface area contributed by atoms with Gasteiger partial charge in [-0.15, -0.1) is 0 Å². The standard InChI is InChI=1S/C16H25N/c1-4-6-8-10-16(9-7-5-2)17-13-11-15(3)12-14-17/h4,6,8-11H,5,7,12-14H2,1-3H3/b6-4-,10-8-,16-9+. The Morgan fingerprint density at radius 1 is 1.41 bits per heavy atom. The molecule has 1 aliphatic rings. The molecule has 17 heavy (non-hydrogen) atoms. The van der Waals surface area contributed by atoms with Crippen LogP contribution >= 0.6 is 0 Å². The van der Waals surface area contributed by atoms with E-state index in [1.165, 1.54) is 24.1 Å². The zero-order valence-electron chi connectivity index (χ0n) is 11.4. The molecule has 94 valence electrons. The Morgan fingerprint density at radius 3 is 2.82 bits per heavy atom. The summed E-state index contributed by atoms with van der Waals surface area (Å²) in [4.78, 5) is 2.46. The number of unbranched alkanes of at least 4 members (excludes halogenated alkanes) is 1. The van der Waals surface area contributed by atoms with Gasteiger partial charge >= 0.3 is 0 Å². The lowest BCUT2D eigenvalue weighted by Crippen LogP contribution is -2.27. The first-order chi connectivity index (χ1) is 8.27. The molecule has 1 heterocycles. The van der Waals surface area contributed by atoms with E-state index in [2.05, 4.69) is 55.2 Å². The number of hydrogen-bond acceptors (Lipinski definition) is 1. The average Bonchev–Trinajstić information content (AvgIpc) is 2.35. The number of hydrogen-bond donors (Lipinski definition) is 0. The largest absolute Gasteiger partial charge is 0.368 e. The van der Waals surface area contributed by atoms with Gasteiger partial charge in [0.1, 0.15) is 0 Å². The predicted octanol–water partition coefficient (Wildman–Crippen LogP) is 4.45. The zero-order chi connectivity index (χ0) is 12.5. The first-order valence-corrected chi connectivity index (χ1v) is 6.68. The van der Waals surface area contributed by atoms with E-state index in [0.717, 1.165) is 19.5 Å². The minimum absolute atomic E-state index is 1.06. The van der Waals surface area contributed by atoms with Crippen molar-refractivity contribution < 1.29 is 0 Å². The molecule has 0 bridgehead atoms. The molecule has 1 rings (SSSR count). The van der Waals surface area contributed by atoms with E-state index in [9.17, 15) is 0 Å². The Balaban J connectivity index is 2.69. The van der Waals surface area contributed by atoms with Gasteiger partial charge in [0.15, 0.2) is 0 Å². The van der Waals surface area contributed by atoms with Gasteiger partial charge in [0.05, 0.1) is 0 Å². The van der Waals surface area contributed by atoms with Crippen LogP contribution in [0.5, 0.6) is 0 Å². The molecule has 1 heteroatoms. The van der Waals surface area contributed by atoms with Gasteiger partial charge in [-0.05, 0) is 32.8 Å². The van der Waals surface area contributed by atoms with Crippen LogP contribution in [-0.2, 0) is 0 Å². The monoisotopic (exact) mass is 231 g/mol. The fourth-order valence-electron chi connectivity index (χ4n) is 1.87. The van der Waals surface area contributed by atoms with Crippen molar-refractivity contribution in [1.29, 1.82) is 0 Å². The van der Waals surface area contributed by atoms with Crippen LogP contribution in [0.4, 0.5) is 0 Å². The Bertz CT molecular complexity index is 331. The molecule has 0 radical (unpaired) electrons. The van der Waals surface area contributed by atoms with E-state index in [0.29, 0.717) is 0 Å². The molecule has 0 saturated heterocycles. The van der Waals surface area contributed by atoms with Crippen LogP contribution in [-0.4, -0.2) is 18.0 Å². The van der Waals surface area contributed by atoms with E-state index in [4.69, 9.17) is 0 Å². The normalized spacial score (nSPS) is 18.2. The Morgan fingerprint density at radius 2 is 2.24 bits per heavy atom. The predicted molar refractivity (Wildman–Crippen MR) is 76.9 cm³/mol. The SMILES string of the molecule is C\C=C/C=C\C(=C/CCC)N1CC=C(C)CC1. The van der Waals surface area contributed by atoms with Crippen LogP contribution in [0.25, 0.3) is 0 Å². The second-order valence-corrected chi connectivity index (χ2v) is 4.55. The van der Waals surface area contributed by atoms with Gasteiger partial charge in [0.25, 0.3) is 0 Å². The van der Waals surface area contributed by atoms with Crippen LogP contribution in [0.15, 0.2) is 47.7 Å². The lowest BCUT2D eigenvalue weighted by atomic mass is 10.1. The maximum Gasteiger partial charge on any atom is 0.0362 e. The molecular formula is C16H25N. The molecule has 0 fully saturated rings. The summed E-state index contributed by atoms with van der Waals surface area (Å²) in [7, 11) is 0. The van der Waals surface area contributed by atoms with E-state index in [-0.39, 0.29) is 0 Å². The molecule has 0 saturated carbocycles. The lowest BCUT2D eigenvalue weighted by Gasteiger charge is -2.28. The molecule has 0 amide bonds. The summed E-state index contributed by atoms with van der Waals surface area (Å²) in [6.45, 7) is 8.71. The summed E-state index contributed by atoms with van der Waals surface area (Å²) >= 11 is 0. The Kier molecular flexibility index (Phi) is 6.46. The van der Waals surface area contributed by atoms with Crippen molar-refractivity contribution in [1.82, 2.24) is 4.90 Å². The molecule has 0 spiro atoms. The third kappa shape index (κ3) is 5.08. The van der Waals surface area contributed by atoms with Crippen molar-refractivity contribution >= 4 is 0 Å². The minimum Gasteiger partial charge on any atom is -0.368 e. The first-order valence-electron chi connectivity index (χ1n) is 6.68. The summed E-state index contributed by atoms with van der Waals surface area (Å²) in [5, 5.41) is 0. The molecule has 0 aromatic rings. The number of nitrogens with zero attached hydrogens (tertiary/aromatic N) is 1. The highest BCUT2D eigenvalue weighted by atomic mass is 15.1. The van der Waals surface area contributed by atoms with E-state index < -0.39 is 0 Å². The maximum absolute atomic E-state index is 2.46. The third-order valence-electron chi connectivity index (χ3n) is 3.01. The Labute approximate surface area is 106 Å². The number of rotatable bonds is 5. The zero-order valence-corrected chi connectivity index (χ0v) is 11.4. The van der Waals surface area contributed by atoms with Crippen LogP contribution < -0.4 is 0 Å². The van der Waals surface area contributed by atoms with Crippen molar-refractivity contribution in [2.75, 3.05) is 13.1 Å². The van der Waals surface area contributed by atoms with Crippen molar-refractivity contribution in [3.05, 3.63) is 47.7 Å². The Hall–Kier alpha value is -1.24. The molecule has 1 aliphatic heterocycles. The van der Waals surface area contributed by atoms with E-state index in [1.807, 2.05) is 6.92 Å². The van der Waals surface area contributed by atoms with Gasteiger partial charge in [-0.3, -0.25) is 0 Å². The van der Waals surface area contributed by atoms with Crippen molar-refractivity contribution in [3.8, 4) is 0 Å². The van der Waals surface area contributed by atoms with E-state index in [1.54, 1.807) is 0 Å². The minimum atomic E-state index is 1.06. The molecule has 0 atom stereocenters. The molecule has 0 aromatic heterocycles. The molecular weight excluding hydrogens is 206 g/mol. The lowest BCUT2D eigenvalue weighted by molar-refractivity contribution is 0.377.